The molecule has 2 rings (SSSR count). The quantitative estimate of drug-likeness (QED) is 0.657. The molecule has 1 amide bonds. The van der Waals surface area contributed by atoms with Crippen LogP contribution in [0.5, 0.6) is 5.75 Å². The van der Waals surface area contributed by atoms with Crippen molar-refractivity contribution in [3.8, 4) is 16.9 Å². The summed E-state index contributed by atoms with van der Waals surface area (Å²) in [5.74, 6) is 0.234. The van der Waals surface area contributed by atoms with Crippen molar-refractivity contribution in [2.24, 2.45) is 0 Å². The van der Waals surface area contributed by atoms with E-state index in [4.69, 9.17) is 9.47 Å². The number of rotatable bonds is 8. The zero-order valence-corrected chi connectivity index (χ0v) is 16.5. The summed E-state index contributed by atoms with van der Waals surface area (Å²) < 4.78 is 10.4. The van der Waals surface area contributed by atoms with Crippen molar-refractivity contribution in [3.63, 3.8) is 0 Å². The molecule has 0 radical (unpaired) electrons. The second-order valence-electron chi connectivity index (χ2n) is 5.84. The lowest BCUT2D eigenvalue weighted by molar-refractivity contribution is -0.116. The first-order chi connectivity index (χ1) is 12.5. The molecule has 26 heavy (non-hydrogen) atoms. The Balaban J connectivity index is 2.42. The number of benzene rings is 1. The fourth-order valence-electron chi connectivity index (χ4n) is 2.69. The molecule has 0 aliphatic rings. The Bertz CT molecular complexity index is 765. The van der Waals surface area contributed by atoms with E-state index < -0.39 is 5.97 Å². The standard InChI is InChI=1S/C20H25NO4S/c1-5-7-8-16(22)21-19-18(20(23)24-4)17(13(3)26-19)14-9-11-15(12-10-14)25-6-2/h9-12H,5-8H2,1-4H3,(H,21,22). The minimum atomic E-state index is -0.455. The molecular weight excluding hydrogens is 350 g/mol. The van der Waals surface area contributed by atoms with Gasteiger partial charge in [-0.05, 0) is 38.0 Å². The molecule has 1 aromatic heterocycles. The summed E-state index contributed by atoms with van der Waals surface area (Å²) in [4.78, 5) is 25.5. The summed E-state index contributed by atoms with van der Waals surface area (Å²) in [5, 5.41) is 3.42. The number of hydrogen-bond donors (Lipinski definition) is 1. The minimum absolute atomic E-state index is 0.0866. The zero-order valence-electron chi connectivity index (χ0n) is 15.7. The third-order valence-electron chi connectivity index (χ3n) is 3.94. The van der Waals surface area contributed by atoms with Gasteiger partial charge in [-0.25, -0.2) is 4.79 Å². The van der Waals surface area contributed by atoms with Gasteiger partial charge in [0.15, 0.2) is 0 Å². The van der Waals surface area contributed by atoms with E-state index in [-0.39, 0.29) is 5.91 Å². The van der Waals surface area contributed by atoms with E-state index in [1.807, 2.05) is 45.0 Å². The lowest BCUT2D eigenvalue weighted by atomic mass is 10.0. The summed E-state index contributed by atoms with van der Waals surface area (Å²) >= 11 is 1.39. The van der Waals surface area contributed by atoms with Crippen molar-refractivity contribution in [1.29, 1.82) is 0 Å². The van der Waals surface area contributed by atoms with Crippen molar-refractivity contribution in [1.82, 2.24) is 0 Å². The smallest absolute Gasteiger partial charge is 0.341 e. The highest BCUT2D eigenvalue weighted by molar-refractivity contribution is 7.17. The predicted octanol–water partition coefficient (Wildman–Crippen LogP) is 5.04. The summed E-state index contributed by atoms with van der Waals surface area (Å²) in [6.07, 6.45) is 2.19. The van der Waals surface area contributed by atoms with Crippen LogP contribution in [0.1, 0.15) is 48.3 Å². The molecule has 1 N–H and O–H groups in total. The first-order valence-electron chi connectivity index (χ1n) is 8.76. The van der Waals surface area contributed by atoms with Gasteiger partial charge in [-0.3, -0.25) is 4.79 Å². The van der Waals surface area contributed by atoms with E-state index in [0.29, 0.717) is 23.6 Å². The number of esters is 1. The second kappa shape index (κ2) is 9.38. The number of amides is 1. The molecule has 0 atom stereocenters. The van der Waals surface area contributed by atoms with Crippen LogP contribution in [0.25, 0.3) is 11.1 Å². The highest BCUT2D eigenvalue weighted by Crippen LogP contribution is 2.40. The van der Waals surface area contributed by atoms with Gasteiger partial charge in [-0.15, -0.1) is 11.3 Å². The van der Waals surface area contributed by atoms with Gasteiger partial charge in [0.05, 0.1) is 13.7 Å². The Morgan fingerprint density at radius 2 is 1.85 bits per heavy atom. The molecule has 2 aromatic rings. The van der Waals surface area contributed by atoms with E-state index in [1.54, 1.807) is 0 Å². The molecule has 1 heterocycles. The van der Waals surface area contributed by atoms with Gasteiger partial charge in [-0.1, -0.05) is 25.5 Å². The highest BCUT2D eigenvalue weighted by atomic mass is 32.1. The van der Waals surface area contributed by atoms with Crippen molar-refractivity contribution in [2.45, 2.75) is 40.0 Å². The van der Waals surface area contributed by atoms with Gasteiger partial charge in [-0.2, -0.15) is 0 Å². The fourth-order valence-corrected chi connectivity index (χ4v) is 3.77. The molecule has 0 saturated heterocycles. The Morgan fingerprint density at radius 1 is 1.15 bits per heavy atom. The number of methoxy groups -OCH3 is 1. The van der Waals surface area contributed by atoms with Gasteiger partial charge < -0.3 is 14.8 Å². The molecule has 1 aromatic carbocycles. The van der Waals surface area contributed by atoms with Crippen LogP contribution in [-0.4, -0.2) is 25.6 Å². The van der Waals surface area contributed by atoms with Gasteiger partial charge in [0.25, 0.3) is 0 Å². The Labute approximate surface area is 158 Å². The summed E-state index contributed by atoms with van der Waals surface area (Å²) in [7, 11) is 1.35. The number of carbonyl (C=O) groups is 2. The van der Waals surface area contributed by atoms with Crippen LogP contribution < -0.4 is 10.1 Å². The number of thiophene rings is 1. The third kappa shape index (κ3) is 4.64. The van der Waals surface area contributed by atoms with E-state index in [9.17, 15) is 9.59 Å². The number of nitrogens with one attached hydrogen (secondary N) is 1. The second-order valence-corrected chi connectivity index (χ2v) is 7.06. The number of anilines is 1. The monoisotopic (exact) mass is 375 g/mol. The number of hydrogen-bond acceptors (Lipinski definition) is 5. The molecular formula is C20H25NO4S. The van der Waals surface area contributed by atoms with E-state index in [1.165, 1.54) is 18.4 Å². The lowest BCUT2D eigenvalue weighted by Crippen LogP contribution is -2.13. The number of aryl methyl sites for hydroxylation is 1. The number of ether oxygens (including phenoxy) is 2. The number of carbonyl (C=O) groups excluding carboxylic acids is 2. The van der Waals surface area contributed by atoms with Crippen LogP contribution in [0.4, 0.5) is 5.00 Å². The Hall–Kier alpha value is -2.34. The third-order valence-corrected chi connectivity index (χ3v) is 4.96. The summed E-state index contributed by atoms with van der Waals surface area (Å²) in [6.45, 7) is 6.50. The zero-order chi connectivity index (χ0) is 19.1. The number of unbranched alkanes of at least 4 members (excludes halogenated alkanes) is 1. The SMILES string of the molecule is CCCCC(=O)Nc1sc(C)c(-c2ccc(OCC)cc2)c1C(=O)OC. The molecule has 5 nitrogen and oxygen atoms in total. The molecule has 6 heteroatoms. The Kier molecular flexibility index (Phi) is 7.21. The summed E-state index contributed by atoms with van der Waals surface area (Å²) in [6, 6.07) is 7.57. The van der Waals surface area contributed by atoms with Crippen molar-refractivity contribution < 1.29 is 19.1 Å². The average Bonchev–Trinajstić information content (AvgIpc) is 2.96. The van der Waals surface area contributed by atoms with Crippen LogP contribution in [0.2, 0.25) is 0 Å². The van der Waals surface area contributed by atoms with Crippen LogP contribution in [0.15, 0.2) is 24.3 Å². The van der Waals surface area contributed by atoms with E-state index in [0.717, 1.165) is 34.6 Å². The summed E-state index contributed by atoms with van der Waals surface area (Å²) in [5.41, 5.74) is 2.08. The maximum atomic E-state index is 12.4. The van der Waals surface area contributed by atoms with Crippen LogP contribution in [0, 0.1) is 6.92 Å². The maximum absolute atomic E-state index is 12.4. The van der Waals surface area contributed by atoms with Crippen molar-refractivity contribution in [2.75, 3.05) is 19.0 Å². The average molecular weight is 375 g/mol. The Morgan fingerprint density at radius 3 is 2.42 bits per heavy atom. The largest absolute Gasteiger partial charge is 0.494 e. The van der Waals surface area contributed by atoms with Crippen LogP contribution in [0.3, 0.4) is 0 Å². The van der Waals surface area contributed by atoms with Crippen molar-refractivity contribution >= 4 is 28.2 Å². The molecule has 0 spiro atoms. The topological polar surface area (TPSA) is 64.6 Å². The van der Waals surface area contributed by atoms with Crippen LogP contribution in [-0.2, 0) is 9.53 Å². The predicted molar refractivity (Wildman–Crippen MR) is 105 cm³/mol. The molecule has 0 saturated carbocycles. The van der Waals surface area contributed by atoms with Crippen molar-refractivity contribution in [3.05, 3.63) is 34.7 Å². The van der Waals surface area contributed by atoms with Gasteiger partial charge in [0.2, 0.25) is 5.91 Å². The fraction of sp³-hybridized carbons (Fsp3) is 0.400. The molecule has 0 fully saturated rings. The van der Waals surface area contributed by atoms with E-state index >= 15 is 0 Å². The normalized spacial score (nSPS) is 10.5. The minimum Gasteiger partial charge on any atom is -0.494 e. The molecule has 0 bridgehead atoms. The van der Waals surface area contributed by atoms with Crippen LogP contribution >= 0.6 is 11.3 Å². The molecule has 140 valence electrons. The lowest BCUT2D eigenvalue weighted by Gasteiger charge is -2.09. The maximum Gasteiger partial charge on any atom is 0.341 e. The molecule has 0 aliphatic heterocycles. The first-order valence-corrected chi connectivity index (χ1v) is 9.58. The van der Waals surface area contributed by atoms with Gasteiger partial charge in [0.1, 0.15) is 16.3 Å². The first kappa shape index (κ1) is 20.0. The van der Waals surface area contributed by atoms with Gasteiger partial charge in [0, 0.05) is 16.9 Å². The highest BCUT2D eigenvalue weighted by Gasteiger charge is 2.25. The molecule has 0 aliphatic carbocycles. The van der Waals surface area contributed by atoms with Gasteiger partial charge >= 0.3 is 5.97 Å². The van der Waals surface area contributed by atoms with E-state index in [2.05, 4.69) is 5.32 Å². The molecule has 0 unspecified atom stereocenters.